The lowest BCUT2D eigenvalue weighted by Crippen LogP contribution is -2.16. The third-order valence-electron chi connectivity index (χ3n) is 4.53. The lowest BCUT2D eigenvalue weighted by Gasteiger charge is -2.03. The van der Waals surface area contributed by atoms with Gasteiger partial charge in [0.05, 0.1) is 10.2 Å². The molecule has 4 aromatic rings. The van der Waals surface area contributed by atoms with Crippen LogP contribution in [0.15, 0.2) is 77.8 Å². The van der Waals surface area contributed by atoms with Crippen LogP contribution in [0.3, 0.4) is 0 Å². The van der Waals surface area contributed by atoms with E-state index < -0.39 is 0 Å². The van der Waals surface area contributed by atoms with Crippen LogP contribution in [0, 0.1) is 0 Å². The second-order valence-corrected chi connectivity index (χ2v) is 7.95. The summed E-state index contributed by atoms with van der Waals surface area (Å²) in [6.45, 7) is 2.92. The van der Waals surface area contributed by atoms with E-state index in [4.69, 9.17) is 11.6 Å². The Morgan fingerprint density at radius 3 is 2.43 bits per heavy atom. The maximum atomic E-state index is 12.8. The minimum atomic E-state index is -0.234. The zero-order valence-electron chi connectivity index (χ0n) is 15.4. The molecule has 0 atom stereocenters. The molecule has 0 aliphatic carbocycles. The topological polar surface area (TPSA) is 34.4 Å². The molecule has 0 fully saturated rings. The first-order valence-corrected chi connectivity index (χ1v) is 10.4. The van der Waals surface area contributed by atoms with Crippen molar-refractivity contribution in [3.63, 3.8) is 0 Å². The van der Waals surface area contributed by atoms with Gasteiger partial charge >= 0.3 is 0 Å². The number of hydrogen-bond donors (Lipinski definition) is 0. The lowest BCUT2D eigenvalue weighted by molar-refractivity contribution is 0.0998. The van der Waals surface area contributed by atoms with E-state index >= 15 is 0 Å². The number of fused-ring (bicyclic) bond motifs is 1. The van der Waals surface area contributed by atoms with E-state index in [0.717, 1.165) is 34.3 Å². The lowest BCUT2D eigenvalue weighted by atomic mass is 10.0. The minimum absolute atomic E-state index is 0.234. The molecule has 4 rings (SSSR count). The van der Waals surface area contributed by atoms with Crippen LogP contribution >= 0.6 is 22.9 Å². The van der Waals surface area contributed by atoms with Crippen LogP contribution in [0.5, 0.6) is 0 Å². The van der Waals surface area contributed by atoms with Crippen molar-refractivity contribution in [2.45, 2.75) is 19.9 Å². The Kier molecular flexibility index (Phi) is 5.42. The third-order valence-corrected chi connectivity index (χ3v) is 5.80. The van der Waals surface area contributed by atoms with Crippen molar-refractivity contribution in [1.29, 1.82) is 0 Å². The summed E-state index contributed by atoms with van der Waals surface area (Å²) in [7, 11) is 0. The van der Waals surface area contributed by atoms with Gasteiger partial charge in [0.15, 0.2) is 4.80 Å². The summed E-state index contributed by atoms with van der Waals surface area (Å²) in [5, 5.41) is 0.687. The average molecular weight is 407 g/mol. The smallest absolute Gasteiger partial charge is 0.279 e. The van der Waals surface area contributed by atoms with Gasteiger partial charge in [-0.3, -0.25) is 4.79 Å². The van der Waals surface area contributed by atoms with Crippen molar-refractivity contribution in [2.24, 2.45) is 4.99 Å². The first-order chi connectivity index (χ1) is 13.7. The van der Waals surface area contributed by atoms with Crippen molar-refractivity contribution < 1.29 is 4.79 Å². The van der Waals surface area contributed by atoms with Gasteiger partial charge in [-0.25, -0.2) is 0 Å². The molecule has 0 saturated heterocycles. The minimum Gasteiger partial charge on any atom is -0.316 e. The van der Waals surface area contributed by atoms with E-state index in [9.17, 15) is 4.79 Å². The van der Waals surface area contributed by atoms with Crippen LogP contribution in [0.25, 0.3) is 21.3 Å². The van der Waals surface area contributed by atoms with E-state index in [0.29, 0.717) is 15.4 Å². The summed E-state index contributed by atoms with van der Waals surface area (Å²) >= 11 is 7.62. The van der Waals surface area contributed by atoms with Crippen LogP contribution in [-0.2, 0) is 6.54 Å². The predicted molar refractivity (Wildman–Crippen MR) is 117 cm³/mol. The van der Waals surface area contributed by atoms with Gasteiger partial charge in [0.2, 0.25) is 0 Å². The number of aryl methyl sites for hydroxylation is 1. The first-order valence-electron chi connectivity index (χ1n) is 9.19. The Bertz CT molecular complexity index is 1190. The maximum Gasteiger partial charge on any atom is 0.279 e. The molecule has 28 heavy (non-hydrogen) atoms. The molecular weight excluding hydrogens is 388 g/mol. The number of halogens is 1. The van der Waals surface area contributed by atoms with Gasteiger partial charge < -0.3 is 4.57 Å². The van der Waals surface area contributed by atoms with Gasteiger partial charge in [-0.15, -0.1) is 0 Å². The molecule has 0 spiro atoms. The fourth-order valence-electron chi connectivity index (χ4n) is 3.16. The van der Waals surface area contributed by atoms with E-state index in [-0.39, 0.29) is 5.91 Å². The molecule has 3 nitrogen and oxygen atoms in total. The summed E-state index contributed by atoms with van der Waals surface area (Å²) < 4.78 is 3.12. The molecular formula is C23H19ClN2OS. The van der Waals surface area contributed by atoms with Gasteiger partial charge in [-0.1, -0.05) is 72.3 Å². The van der Waals surface area contributed by atoms with E-state index in [1.54, 1.807) is 0 Å². The summed E-state index contributed by atoms with van der Waals surface area (Å²) in [6, 6.07) is 23.5. The quantitative estimate of drug-likeness (QED) is 0.398. The normalized spacial score (nSPS) is 11.9. The van der Waals surface area contributed by atoms with Crippen molar-refractivity contribution >= 4 is 39.1 Å². The van der Waals surface area contributed by atoms with Crippen LogP contribution in [0.4, 0.5) is 0 Å². The molecule has 0 aliphatic rings. The largest absolute Gasteiger partial charge is 0.316 e. The molecule has 0 N–H and O–H groups in total. The number of benzene rings is 3. The summed E-state index contributed by atoms with van der Waals surface area (Å²) in [6.07, 6.45) is 0.960. The monoisotopic (exact) mass is 406 g/mol. The summed E-state index contributed by atoms with van der Waals surface area (Å²) in [5.74, 6) is -0.234. The number of rotatable bonds is 4. The average Bonchev–Trinajstić information content (AvgIpc) is 3.05. The highest BCUT2D eigenvalue weighted by Crippen LogP contribution is 2.23. The summed E-state index contributed by atoms with van der Waals surface area (Å²) in [5.41, 5.74) is 3.84. The third kappa shape index (κ3) is 3.79. The van der Waals surface area contributed by atoms with Crippen molar-refractivity contribution in [1.82, 2.24) is 4.57 Å². The Hall–Kier alpha value is -2.69. The molecule has 140 valence electrons. The SMILES string of the molecule is CCCn1c(=NC(=O)c2ccc(-c3ccccc3)cc2)sc2cc(Cl)ccc21. The second kappa shape index (κ2) is 8.13. The standard InChI is InChI=1S/C23H19ClN2OS/c1-2-14-26-20-13-12-19(24)15-21(20)28-23(26)25-22(27)18-10-8-17(9-11-18)16-6-4-3-5-7-16/h3-13,15H,2,14H2,1H3. The van der Waals surface area contributed by atoms with Gasteiger partial charge in [0.1, 0.15) is 0 Å². The fraction of sp³-hybridized carbons (Fsp3) is 0.130. The Balaban J connectivity index is 1.70. The molecule has 0 bridgehead atoms. The van der Waals surface area contributed by atoms with Crippen LogP contribution in [0.2, 0.25) is 5.02 Å². The zero-order chi connectivity index (χ0) is 19.5. The highest BCUT2D eigenvalue weighted by atomic mass is 35.5. The van der Waals surface area contributed by atoms with Crippen LogP contribution in [-0.4, -0.2) is 10.5 Å². The molecule has 1 amide bonds. The van der Waals surface area contributed by atoms with E-state index in [1.165, 1.54) is 11.3 Å². The number of amides is 1. The molecule has 0 saturated carbocycles. The molecule has 1 heterocycles. The fourth-order valence-corrected chi connectivity index (χ4v) is 4.49. The van der Waals surface area contributed by atoms with E-state index in [2.05, 4.69) is 28.6 Å². The molecule has 0 radical (unpaired) electrons. The number of hydrogen-bond acceptors (Lipinski definition) is 2. The second-order valence-electron chi connectivity index (χ2n) is 6.51. The maximum absolute atomic E-state index is 12.8. The zero-order valence-corrected chi connectivity index (χ0v) is 17.0. The van der Waals surface area contributed by atoms with Crippen molar-refractivity contribution in [2.75, 3.05) is 0 Å². The van der Waals surface area contributed by atoms with Gasteiger partial charge in [-0.2, -0.15) is 4.99 Å². The van der Waals surface area contributed by atoms with Crippen molar-refractivity contribution in [3.05, 3.63) is 88.2 Å². The van der Waals surface area contributed by atoms with E-state index in [1.807, 2.05) is 60.7 Å². The van der Waals surface area contributed by atoms with Crippen molar-refractivity contribution in [3.8, 4) is 11.1 Å². The molecule has 5 heteroatoms. The number of carbonyl (C=O) groups excluding carboxylic acids is 1. The number of aromatic nitrogens is 1. The molecule has 0 unspecified atom stereocenters. The highest BCUT2D eigenvalue weighted by Gasteiger charge is 2.10. The molecule has 3 aromatic carbocycles. The van der Waals surface area contributed by atoms with Gasteiger partial charge in [0.25, 0.3) is 5.91 Å². The summed E-state index contributed by atoms with van der Waals surface area (Å²) in [4.78, 5) is 17.9. The van der Waals surface area contributed by atoms with Crippen LogP contribution in [0.1, 0.15) is 23.7 Å². The van der Waals surface area contributed by atoms with Crippen LogP contribution < -0.4 is 4.80 Å². The molecule has 0 aliphatic heterocycles. The number of carbonyl (C=O) groups is 1. The number of nitrogens with zero attached hydrogens (tertiary/aromatic N) is 2. The predicted octanol–water partition coefficient (Wildman–Crippen LogP) is 6.17. The molecule has 1 aromatic heterocycles. The number of thiazole rings is 1. The van der Waals surface area contributed by atoms with Gasteiger partial charge in [0, 0.05) is 17.1 Å². The Morgan fingerprint density at radius 2 is 1.71 bits per heavy atom. The first kappa shape index (κ1) is 18.7. The highest BCUT2D eigenvalue weighted by molar-refractivity contribution is 7.16. The Morgan fingerprint density at radius 1 is 1.00 bits per heavy atom. The Labute approximate surface area is 172 Å². The van der Waals surface area contributed by atoms with Gasteiger partial charge in [-0.05, 0) is 47.9 Å².